The maximum atomic E-state index is 3.40. The largest absolute Gasteiger partial charge is 0.208 e. The summed E-state index contributed by atoms with van der Waals surface area (Å²) in [6.07, 6.45) is 3.98. The second-order valence-corrected chi connectivity index (χ2v) is 4.42. The Labute approximate surface area is 104 Å². The molecule has 0 N–H and O–H groups in total. The molecule has 0 atom stereocenters. The first-order valence-corrected chi connectivity index (χ1v) is 5.76. The van der Waals surface area contributed by atoms with Crippen molar-refractivity contribution in [1.29, 1.82) is 0 Å². The fourth-order valence-corrected chi connectivity index (χ4v) is 1.53. The topological polar surface area (TPSA) is 3.88 Å². The van der Waals surface area contributed by atoms with Crippen LogP contribution in [0.5, 0.6) is 0 Å². The summed E-state index contributed by atoms with van der Waals surface area (Å²) in [6, 6.07) is 12.0. The van der Waals surface area contributed by atoms with Gasteiger partial charge in [-0.1, -0.05) is 27.8 Å². The lowest BCUT2D eigenvalue weighted by molar-refractivity contribution is -0.671. The van der Waals surface area contributed by atoms with Gasteiger partial charge in [0.1, 0.15) is 7.05 Å². The van der Waals surface area contributed by atoms with Gasteiger partial charge in [0, 0.05) is 27.7 Å². The summed E-state index contributed by atoms with van der Waals surface area (Å²) in [4.78, 5) is 0. The van der Waals surface area contributed by atoms with Gasteiger partial charge < -0.3 is 0 Å². The summed E-state index contributed by atoms with van der Waals surface area (Å²) < 4.78 is 3.06. The first kappa shape index (κ1) is 10.9. The molecular weight excluding hydrogens is 262 g/mol. The van der Waals surface area contributed by atoms with Crippen LogP contribution in [0, 0.1) is 11.8 Å². The molecule has 0 saturated heterocycles. The van der Waals surface area contributed by atoms with Crippen molar-refractivity contribution in [1.82, 2.24) is 0 Å². The molecule has 0 aliphatic rings. The number of halogens is 1. The number of benzene rings is 1. The Balaban J connectivity index is 2.21. The minimum Gasteiger partial charge on any atom is -0.208 e. The van der Waals surface area contributed by atoms with E-state index in [0.717, 1.165) is 15.6 Å². The van der Waals surface area contributed by atoms with Crippen LogP contribution in [0.25, 0.3) is 0 Å². The molecule has 0 bridgehead atoms. The quantitative estimate of drug-likeness (QED) is 0.513. The van der Waals surface area contributed by atoms with Crippen molar-refractivity contribution in [3.05, 3.63) is 64.4 Å². The summed E-state index contributed by atoms with van der Waals surface area (Å²) in [7, 11) is 1.99. The molecular formula is C14H11BrN+. The van der Waals surface area contributed by atoms with Crippen molar-refractivity contribution in [3.63, 3.8) is 0 Å². The molecule has 0 fully saturated rings. The first-order chi connectivity index (χ1) is 7.74. The fraction of sp³-hybridized carbons (Fsp3) is 0.0714. The monoisotopic (exact) mass is 272 g/mol. The number of pyridine rings is 1. The number of hydrogen-bond acceptors (Lipinski definition) is 0. The van der Waals surface area contributed by atoms with E-state index in [9.17, 15) is 0 Å². The molecule has 1 heterocycles. The summed E-state index contributed by atoms with van der Waals surface area (Å²) in [6.45, 7) is 0. The van der Waals surface area contributed by atoms with E-state index in [1.165, 1.54) is 0 Å². The van der Waals surface area contributed by atoms with Gasteiger partial charge in [0.25, 0.3) is 0 Å². The van der Waals surface area contributed by atoms with Crippen LogP contribution >= 0.6 is 15.9 Å². The Bertz CT molecular complexity index is 480. The summed E-state index contributed by atoms with van der Waals surface area (Å²) in [5.74, 6) is 6.26. The van der Waals surface area contributed by atoms with Crippen LogP contribution in [-0.4, -0.2) is 0 Å². The van der Waals surface area contributed by atoms with Gasteiger partial charge >= 0.3 is 0 Å². The van der Waals surface area contributed by atoms with Crippen molar-refractivity contribution in [2.75, 3.05) is 0 Å². The molecule has 1 aromatic carbocycles. The average Bonchev–Trinajstić information content (AvgIpc) is 2.30. The van der Waals surface area contributed by atoms with Gasteiger partial charge in [-0.05, 0) is 24.3 Å². The molecule has 0 saturated carbocycles. The Morgan fingerprint density at radius 3 is 1.94 bits per heavy atom. The third-order valence-electron chi connectivity index (χ3n) is 2.17. The van der Waals surface area contributed by atoms with Gasteiger partial charge in [0.15, 0.2) is 12.4 Å². The third kappa shape index (κ3) is 2.95. The van der Waals surface area contributed by atoms with Gasteiger partial charge in [0.05, 0.1) is 0 Å². The van der Waals surface area contributed by atoms with Gasteiger partial charge in [-0.3, -0.25) is 0 Å². The second-order valence-electron chi connectivity index (χ2n) is 3.51. The zero-order chi connectivity index (χ0) is 11.4. The van der Waals surface area contributed by atoms with E-state index in [-0.39, 0.29) is 0 Å². The molecule has 0 aliphatic carbocycles. The molecule has 78 valence electrons. The van der Waals surface area contributed by atoms with Crippen molar-refractivity contribution < 1.29 is 4.57 Å². The highest BCUT2D eigenvalue weighted by Crippen LogP contribution is 2.09. The summed E-state index contributed by atoms with van der Waals surface area (Å²) >= 11 is 3.40. The average molecular weight is 273 g/mol. The number of rotatable bonds is 0. The minimum absolute atomic E-state index is 1.02. The molecule has 0 aliphatic heterocycles. The first-order valence-electron chi connectivity index (χ1n) is 4.97. The van der Waals surface area contributed by atoms with Gasteiger partial charge in [0.2, 0.25) is 0 Å². The SMILES string of the molecule is C[n+]1ccc(C#Cc2ccc(Br)cc2)cc1. The van der Waals surface area contributed by atoms with E-state index in [1.807, 2.05) is 60.4 Å². The maximum Gasteiger partial charge on any atom is 0.169 e. The highest BCUT2D eigenvalue weighted by molar-refractivity contribution is 9.10. The standard InChI is InChI=1S/C14H11BrN/c1-16-10-8-13(9-11-16)3-2-12-4-6-14(15)7-5-12/h4-11H,1H3/q+1. The summed E-state index contributed by atoms with van der Waals surface area (Å²) in [5.41, 5.74) is 2.05. The predicted molar refractivity (Wildman–Crippen MR) is 67.7 cm³/mol. The van der Waals surface area contributed by atoms with Crippen LogP contribution in [0.15, 0.2) is 53.3 Å². The Morgan fingerprint density at radius 2 is 1.38 bits per heavy atom. The van der Waals surface area contributed by atoms with Gasteiger partial charge in [-0.2, -0.15) is 0 Å². The molecule has 2 heteroatoms. The predicted octanol–water partition coefficient (Wildman–Crippen LogP) is 2.67. The minimum atomic E-state index is 1.02. The number of hydrogen-bond donors (Lipinski definition) is 0. The van der Waals surface area contributed by atoms with E-state index in [4.69, 9.17) is 0 Å². The Hall–Kier alpha value is -1.59. The van der Waals surface area contributed by atoms with Crippen LogP contribution in [0.2, 0.25) is 0 Å². The van der Waals surface area contributed by atoms with Crippen molar-refractivity contribution >= 4 is 15.9 Å². The smallest absolute Gasteiger partial charge is 0.169 e. The molecule has 0 unspecified atom stereocenters. The van der Waals surface area contributed by atoms with E-state index in [2.05, 4.69) is 27.8 Å². The normalized spacial score (nSPS) is 9.38. The fourth-order valence-electron chi connectivity index (χ4n) is 1.26. The third-order valence-corrected chi connectivity index (χ3v) is 2.70. The lowest BCUT2D eigenvalue weighted by Gasteiger charge is -1.90. The van der Waals surface area contributed by atoms with E-state index < -0.39 is 0 Å². The van der Waals surface area contributed by atoms with Crippen LogP contribution in [0.4, 0.5) is 0 Å². The van der Waals surface area contributed by atoms with Gasteiger partial charge in [-0.25, -0.2) is 4.57 Å². The van der Waals surface area contributed by atoms with Crippen molar-refractivity contribution in [3.8, 4) is 11.8 Å². The summed E-state index contributed by atoms with van der Waals surface area (Å²) in [5, 5.41) is 0. The Morgan fingerprint density at radius 1 is 0.875 bits per heavy atom. The zero-order valence-electron chi connectivity index (χ0n) is 8.94. The Kier molecular flexibility index (Phi) is 3.38. The molecule has 1 aromatic heterocycles. The molecule has 2 rings (SSSR count). The lowest BCUT2D eigenvalue weighted by atomic mass is 10.2. The van der Waals surface area contributed by atoms with Crippen molar-refractivity contribution in [2.45, 2.75) is 0 Å². The second kappa shape index (κ2) is 4.96. The van der Waals surface area contributed by atoms with Crippen LogP contribution in [0.3, 0.4) is 0 Å². The molecule has 16 heavy (non-hydrogen) atoms. The molecule has 2 aromatic rings. The van der Waals surface area contributed by atoms with E-state index >= 15 is 0 Å². The van der Waals surface area contributed by atoms with Crippen LogP contribution < -0.4 is 4.57 Å². The highest BCUT2D eigenvalue weighted by atomic mass is 79.9. The molecule has 1 nitrogen and oxygen atoms in total. The zero-order valence-corrected chi connectivity index (χ0v) is 10.5. The maximum absolute atomic E-state index is 3.40. The van der Waals surface area contributed by atoms with Crippen LogP contribution in [-0.2, 0) is 7.05 Å². The number of aromatic nitrogens is 1. The van der Waals surface area contributed by atoms with Crippen molar-refractivity contribution in [2.24, 2.45) is 7.05 Å². The van der Waals surface area contributed by atoms with E-state index in [0.29, 0.717) is 0 Å². The molecule has 0 spiro atoms. The van der Waals surface area contributed by atoms with Crippen LogP contribution in [0.1, 0.15) is 11.1 Å². The highest BCUT2D eigenvalue weighted by Gasteiger charge is 1.91. The van der Waals surface area contributed by atoms with Gasteiger partial charge in [-0.15, -0.1) is 0 Å². The number of nitrogens with zero attached hydrogens (tertiary/aromatic N) is 1. The number of aryl methyl sites for hydroxylation is 1. The van der Waals surface area contributed by atoms with E-state index in [1.54, 1.807) is 0 Å². The lowest BCUT2D eigenvalue weighted by Crippen LogP contribution is -2.25. The molecule has 0 amide bonds. The molecule has 0 radical (unpaired) electrons.